The van der Waals surface area contributed by atoms with E-state index in [1.165, 1.54) is 16.4 Å². The number of hydrogen-bond acceptors (Lipinski definition) is 4. The molecule has 106 valence electrons. The number of nitrogens with zero attached hydrogens (tertiary/aromatic N) is 1. The highest BCUT2D eigenvalue weighted by atomic mass is 32.2. The Labute approximate surface area is 115 Å². The lowest BCUT2D eigenvalue weighted by Crippen LogP contribution is -2.35. The zero-order chi connectivity index (χ0) is 13.9. The smallest absolute Gasteiger partial charge is 0.232 e. The van der Waals surface area contributed by atoms with Crippen LogP contribution in [-0.4, -0.2) is 34.2 Å². The molecule has 2 rings (SSSR count). The predicted molar refractivity (Wildman–Crippen MR) is 73.1 cm³/mol. The van der Waals surface area contributed by atoms with Gasteiger partial charge in [0.2, 0.25) is 10.0 Å². The summed E-state index contributed by atoms with van der Waals surface area (Å²) >= 11 is 0. The Hall–Kier alpha value is -0.920. The van der Waals surface area contributed by atoms with Crippen molar-refractivity contribution in [1.82, 2.24) is 4.31 Å². The Kier molecular flexibility index (Phi) is 4.59. The Balaban J connectivity index is 2.29. The summed E-state index contributed by atoms with van der Waals surface area (Å²) in [5, 5.41) is 0. The van der Waals surface area contributed by atoms with Gasteiger partial charge in [-0.25, -0.2) is 16.8 Å². The van der Waals surface area contributed by atoms with Crippen LogP contribution in [0.25, 0.3) is 0 Å². The number of sulfonamides is 1. The van der Waals surface area contributed by atoms with Crippen molar-refractivity contribution in [2.24, 2.45) is 0 Å². The molecule has 7 heteroatoms. The van der Waals surface area contributed by atoms with Crippen LogP contribution in [0.1, 0.15) is 24.8 Å². The SMILES string of the molecule is O=[SH](=O)Cc1cccc(S(=O)(=O)N2CCCCC2)c1. The summed E-state index contributed by atoms with van der Waals surface area (Å²) in [6.07, 6.45) is 2.82. The van der Waals surface area contributed by atoms with Crippen LogP contribution >= 0.6 is 0 Å². The first-order chi connectivity index (χ1) is 9.00. The molecule has 1 heterocycles. The number of hydrogen-bond donors (Lipinski definition) is 1. The first-order valence-corrected chi connectivity index (χ1v) is 9.01. The molecule has 0 aromatic heterocycles. The summed E-state index contributed by atoms with van der Waals surface area (Å²) < 4.78 is 47.7. The van der Waals surface area contributed by atoms with Gasteiger partial charge in [0.05, 0.1) is 10.6 Å². The van der Waals surface area contributed by atoms with Gasteiger partial charge in [-0.1, -0.05) is 18.6 Å². The fourth-order valence-corrected chi connectivity index (χ4v) is 4.29. The van der Waals surface area contributed by atoms with Crippen molar-refractivity contribution in [3.8, 4) is 0 Å². The van der Waals surface area contributed by atoms with Crippen molar-refractivity contribution in [3.05, 3.63) is 29.8 Å². The molecule has 1 aromatic rings. The zero-order valence-corrected chi connectivity index (χ0v) is 12.2. The fourth-order valence-electron chi connectivity index (χ4n) is 2.21. The van der Waals surface area contributed by atoms with Gasteiger partial charge < -0.3 is 0 Å². The monoisotopic (exact) mass is 303 g/mol. The molecule has 0 N–H and O–H groups in total. The molecule has 0 aliphatic carbocycles. The van der Waals surface area contributed by atoms with Crippen molar-refractivity contribution in [2.75, 3.05) is 13.1 Å². The average Bonchev–Trinajstić information content (AvgIpc) is 2.39. The van der Waals surface area contributed by atoms with Gasteiger partial charge >= 0.3 is 0 Å². The molecular formula is C12H17NO4S2. The molecule has 1 aromatic carbocycles. The van der Waals surface area contributed by atoms with Gasteiger partial charge in [0.1, 0.15) is 10.7 Å². The molecule has 0 radical (unpaired) electrons. The van der Waals surface area contributed by atoms with Gasteiger partial charge in [-0.3, -0.25) is 0 Å². The van der Waals surface area contributed by atoms with E-state index in [0.717, 1.165) is 19.3 Å². The molecule has 0 atom stereocenters. The second kappa shape index (κ2) is 6.02. The fraction of sp³-hybridized carbons (Fsp3) is 0.500. The average molecular weight is 303 g/mol. The van der Waals surface area contributed by atoms with Crippen molar-refractivity contribution in [2.45, 2.75) is 29.9 Å². The maximum Gasteiger partial charge on any atom is 0.243 e. The van der Waals surface area contributed by atoms with Crippen molar-refractivity contribution in [1.29, 1.82) is 0 Å². The van der Waals surface area contributed by atoms with Crippen LogP contribution in [0.4, 0.5) is 0 Å². The van der Waals surface area contributed by atoms with Crippen LogP contribution in [0.3, 0.4) is 0 Å². The Morgan fingerprint density at radius 2 is 1.79 bits per heavy atom. The summed E-state index contributed by atoms with van der Waals surface area (Å²) in [4.78, 5) is 0.184. The lowest BCUT2D eigenvalue weighted by Gasteiger charge is -2.26. The lowest BCUT2D eigenvalue weighted by atomic mass is 10.2. The first-order valence-electron chi connectivity index (χ1n) is 6.21. The third-order valence-corrected chi connectivity index (χ3v) is 5.68. The zero-order valence-electron chi connectivity index (χ0n) is 10.5. The molecule has 1 aliphatic heterocycles. The summed E-state index contributed by atoms with van der Waals surface area (Å²) in [6.45, 7) is 1.09. The lowest BCUT2D eigenvalue weighted by molar-refractivity contribution is 0.346. The normalized spacial score (nSPS) is 17.7. The molecule has 19 heavy (non-hydrogen) atoms. The standard InChI is InChI=1S/C12H17NO4S2/c14-18(15)10-11-5-4-6-12(9-11)19(16,17)13-7-2-1-3-8-13/h4-6,9,18H,1-3,7-8,10H2. The van der Waals surface area contributed by atoms with E-state index in [9.17, 15) is 16.8 Å². The minimum Gasteiger partial charge on any atom is -0.232 e. The van der Waals surface area contributed by atoms with Gasteiger partial charge in [0.25, 0.3) is 0 Å². The van der Waals surface area contributed by atoms with E-state index < -0.39 is 20.7 Å². The van der Waals surface area contributed by atoms with E-state index in [1.807, 2.05) is 0 Å². The maximum atomic E-state index is 12.4. The highest BCUT2D eigenvalue weighted by Crippen LogP contribution is 2.21. The predicted octanol–water partition coefficient (Wildman–Crippen LogP) is 0.973. The van der Waals surface area contributed by atoms with E-state index in [0.29, 0.717) is 18.7 Å². The van der Waals surface area contributed by atoms with E-state index >= 15 is 0 Å². The van der Waals surface area contributed by atoms with E-state index in [-0.39, 0.29) is 10.6 Å². The molecule has 0 saturated carbocycles. The van der Waals surface area contributed by atoms with Gasteiger partial charge in [-0.15, -0.1) is 0 Å². The molecule has 1 saturated heterocycles. The largest absolute Gasteiger partial charge is 0.243 e. The van der Waals surface area contributed by atoms with E-state index in [4.69, 9.17) is 0 Å². The van der Waals surface area contributed by atoms with Crippen LogP contribution in [0.5, 0.6) is 0 Å². The quantitative estimate of drug-likeness (QED) is 0.842. The molecule has 1 aliphatic rings. The Bertz CT molecular complexity index is 608. The van der Waals surface area contributed by atoms with Crippen LogP contribution in [0.15, 0.2) is 29.2 Å². The molecule has 1 fully saturated rings. The summed E-state index contributed by atoms with van der Waals surface area (Å²) in [5.41, 5.74) is 0.509. The second-order valence-corrected chi connectivity index (χ2v) is 7.52. The summed E-state index contributed by atoms with van der Waals surface area (Å²) in [7, 11) is -6.03. The molecule has 0 amide bonds. The van der Waals surface area contributed by atoms with Crippen LogP contribution < -0.4 is 0 Å². The molecule has 0 bridgehead atoms. The molecular weight excluding hydrogens is 286 g/mol. The Morgan fingerprint density at radius 3 is 2.42 bits per heavy atom. The van der Waals surface area contributed by atoms with Crippen LogP contribution in [0, 0.1) is 0 Å². The number of rotatable bonds is 4. The van der Waals surface area contributed by atoms with Gasteiger partial charge in [-0.05, 0) is 30.5 Å². The molecule has 0 unspecified atom stereocenters. The number of thiol groups is 1. The van der Waals surface area contributed by atoms with E-state index in [2.05, 4.69) is 0 Å². The first kappa shape index (κ1) is 14.5. The van der Waals surface area contributed by atoms with Crippen LogP contribution in [0.2, 0.25) is 0 Å². The topological polar surface area (TPSA) is 71.5 Å². The highest BCUT2D eigenvalue weighted by molar-refractivity contribution is 7.89. The van der Waals surface area contributed by atoms with Gasteiger partial charge in [0.15, 0.2) is 0 Å². The second-order valence-electron chi connectivity index (χ2n) is 4.60. The van der Waals surface area contributed by atoms with Crippen molar-refractivity contribution < 1.29 is 16.8 Å². The molecule has 5 nitrogen and oxygen atoms in total. The van der Waals surface area contributed by atoms with Crippen molar-refractivity contribution in [3.63, 3.8) is 0 Å². The van der Waals surface area contributed by atoms with Crippen molar-refractivity contribution >= 4 is 20.7 Å². The summed E-state index contributed by atoms with van der Waals surface area (Å²) in [6, 6.07) is 6.19. The molecule has 0 spiro atoms. The van der Waals surface area contributed by atoms with Crippen LogP contribution in [-0.2, 0) is 26.5 Å². The van der Waals surface area contributed by atoms with Gasteiger partial charge in [0, 0.05) is 13.1 Å². The number of benzene rings is 1. The maximum absolute atomic E-state index is 12.4. The third-order valence-electron chi connectivity index (χ3n) is 3.16. The third kappa shape index (κ3) is 3.55. The van der Waals surface area contributed by atoms with Gasteiger partial charge in [-0.2, -0.15) is 4.31 Å². The summed E-state index contributed by atoms with van der Waals surface area (Å²) in [5.74, 6) is -0.126. The highest BCUT2D eigenvalue weighted by Gasteiger charge is 2.25. The minimum absolute atomic E-state index is 0.126. The minimum atomic E-state index is -3.48. The number of piperidine rings is 1. The Morgan fingerprint density at radius 1 is 1.11 bits per heavy atom. The van der Waals surface area contributed by atoms with E-state index in [1.54, 1.807) is 12.1 Å².